The Labute approximate surface area is 103 Å². The summed E-state index contributed by atoms with van der Waals surface area (Å²) in [7, 11) is 0. The topological polar surface area (TPSA) is 15.8 Å². The van der Waals surface area contributed by atoms with E-state index in [2.05, 4.69) is 11.1 Å². The van der Waals surface area contributed by atoms with E-state index in [-0.39, 0.29) is 0 Å². The molecular weight excluding hydrogens is 246 g/mol. The van der Waals surface area contributed by atoms with Gasteiger partial charge in [-0.05, 0) is 36.3 Å². The van der Waals surface area contributed by atoms with Gasteiger partial charge in [0.1, 0.15) is 0 Å². The molecule has 1 N–H and O–H groups in total. The van der Waals surface area contributed by atoms with Gasteiger partial charge in [-0.1, -0.05) is 23.7 Å². The second-order valence-corrected chi connectivity index (χ2v) is 5.62. The average Bonchev–Trinajstić information content (AvgIpc) is 2.58. The van der Waals surface area contributed by atoms with Gasteiger partial charge in [0.15, 0.2) is 3.95 Å². The Bertz CT molecular complexity index is 527. The third-order valence-corrected chi connectivity index (χ3v) is 3.79. The molecule has 0 amide bonds. The van der Waals surface area contributed by atoms with E-state index in [9.17, 15) is 0 Å². The zero-order chi connectivity index (χ0) is 10.8. The summed E-state index contributed by atoms with van der Waals surface area (Å²) in [4.78, 5) is 4.25. The van der Waals surface area contributed by atoms with Crippen LogP contribution in [0.15, 0.2) is 24.4 Å². The Morgan fingerprint density at radius 1 is 1.47 bits per heavy atom. The summed E-state index contributed by atoms with van der Waals surface area (Å²) in [5.41, 5.74) is 2.33. The second-order valence-electron chi connectivity index (χ2n) is 3.40. The highest BCUT2D eigenvalue weighted by Gasteiger charge is 2.01. The maximum Gasteiger partial charge on any atom is 0.158 e. The van der Waals surface area contributed by atoms with Gasteiger partial charge in [0.05, 0.1) is 0 Å². The van der Waals surface area contributed by atoms with Gasteiger partial charge >= 0.3 is 0 Å². The highest BCUT2D eigenvalue weighted by molar-refractivity contribution is 7.73. The lowest BCUT2D eigenvalue weighted by atomic mass is 10.1. The van der Waals surface area contributed by atoms with Crippen LogP contribution in [0.25, 0.3) is 0 Å². The first kappa shape index (κ1) is 10.9. The van der Waals surface area contributed by atoms with E-state index in [1.165, 1.54) is 10.4 Å². The molecule has 2 rings (SSSR count). The summed E-state index contributed by atoms with van der Waals surface area (Å²) < 4.78 is 0.822. The summed E-state index contributed by atoms with van der Waals surface area (Å²) in [5, 5.41) is 0.826. The molecule has 0 fully saturated rings. The van der Waals surface area contributed by atoms with Crippen molar-refractivity contribution in [1.29, 1.82) is 0 Å². The van der Waals surface area contributed by atoms with Gasteiger partial charge in [-0.2, -0.15) is 0 Å². The van der Waals surface area contributed by atoms with Crippen molar-refractivity contribution in [1.82, 2.24) is 4.98 Å². The molecule has 1 aromatic carbocycles. The molecular formula is C11H10ClNS2. The second kappa shape index (κ2) is 4.47. The first-order valence-corrected chi connectivity index (χ1v) is 6.18. The Balaban J connectivity index is 2.24. The number of benzene rings is 1. The van der Waals surface area contributed by atoms with Gasteiger partial charge in [0, 0.05) is 22.5 Å². The van der Waals surface area contributed by atoms with Crippen LogP contribution >= 0.6 is 35.2 Å². The molecule has 0 saturated heterocycles. The van der Waals surface area contributed by atoms with Crippen molar-refractivity contribution in [3.8, 4) is 0 Å². The fraction of sp³-hybridized carbons (Fsp3) is 0.182. The van der Waals surface area contributed by atoms with Crippen LogP contribution < -0.4 is 0 Å². The fourth-order valence-electron chi connectivity index (χ4n) is 1.35. The van der Waals surface area contributed by atoms with Gasteiger partial charge in [-0.15, -0.1) is 11.3 Å². The predicted molar refractivity (Wildman–Crippen MR) is 68.5 cm³/mol. The zero-order valence-electron chi connectivity index (χ0n) is 8.21. The molecule has 1 aromatic heterocycles. The van der Waals surface area contributed by atoms with Gasteiger partial charge in [0.2, 0.25) is 0 Å². The van der Waals surface area contributed by atoms with Crippen molar-refractivity contribution >= 4 is 35.2 Å². The average molecular weight is 256 g/mol. The van der Waals surface area contributed by atoms with E-state index in [4.69, 9.17) is 23.8 Å². The fourth-order valence-corrected chi connectivity index (χ4v) is 2.65. The van der Waals surface area contributed by atoms with Gasteiger partial charge in [0.25, 0.3) is 0 Å². The molecule has 0 aliphatic heterocycles. The Morgan fingerprint density at radius 2 is 2.27 bits per heavy atom. The van der Waals surface area contributed by atoms with Crippen LogP contribution in [0.5, 0.6) is 0 Å². The molecule has 0 atom stereocenters. The molecule has 0 spiro atoms. The third kappa shape index (κ3) is 2.68. The van der Waals surface area contributed by atoms with Crippen molar-refractivity contribution < 1.29 is 0 Å². The summed E-state index contributed by atoms with van der Waals surface area (Å²) in [6.07, 6.45) is 2.85. The quantitative estimate of drug-likeness (QED) is 0.789. The normalized spacial score (nSPS) is 10.5. The maximum atomic E-state index is 6.06. The predicted octanol–water partition coefficient (Wildman–Crippen LogP) is 4.36. The molecule has 4 heteroatoms. The van der Waals surface area contributed by atoms with Gasteiger partial charge in [-0.25, -0.2) is 0 Å². The van der Waals surface area contributed by atoms with E-state index in [0.717, 1.165) is 21.0 Å². The Morgan fingerprint density at radius 3 is 2.87 bits per heavy atom. The molecule has 1 nitrogen and oxygen atoms in total. The zero-order valence-corrected chi connectivity index (χ0v) is 10.6. The highest BCUT2D eigenvalue weighted by atomic mass is 35.5. The monoisotopic (exact) mass is 255 g/mol. The first-order valence-electron chi connectivity index (χ1n) is 4.57. The van der Waals surface area contributed by atoms with Gasteiger partial charge in [-0.3, -0.25) is 0 Å². The van der Waals surface area contributed by atoms with Crippen molar-refractivity contribution in [3.63, 3.8) is 0 Å². The lowest BCUT2D eigenvalue weighted by Gasteiger charge is -2.01. The molecule has 0 aliphatic carbocycles. The molecule has 1 heterocycles. The molecule has 0 bridgehead atoms. The van der Waals surface area contributed by atoms with E-state index >= 15 is 0 Å². The summed E-state index contributed by atoms with van der Waals surface area (Å²) in [6.45, 7) is 2.01. The molecule has 0 radical (unpaired) electrons. The number of aromatic amines is 1. The van der Waals surface area contributed by atoms with E-state index in [0.29, 0.717) is 0 Å². The number of hydrogen-bond acceptors (Lipinski definition) is 2. The van der Waals surface area contributed by atoms with Crippen LogP contribution in [0, 0.1) is 10.9 Å². The summed E-state index contributed by atoms with van der Waals surface area (Å²) in [6, 6.07) is 6.16. The molecule has 2 aromatic rings. The Kier molecular flexibility index (Phi) is 3.24. The standard InChI is InChI=1S/C11H10ClNS2/c1-7-2-3-8(5-10(7)12)4-9-6-13-11(14)15-9/h2-3,5-6H,4H2,1H3,(H,13,14). The van der Waals surface area contributed by atoms with Crippen LogP contribution in [0.2, 0.25) is 5.02 Å². The minimum atomic E-state index is 0.822. The number of hydrogen-bond donors (Lipinski definition) is 1. The SMILES string of the molecule is Cc1ccc(Cc2c[nH]c(=S)s2)cc1Cl. The maximum absolute atomic E-state index is 6.06. The van der Waals surface area contributed by atoms with Gasteiger partial charge < -0.3 is 4.98 Å². The summed E-state index contributed by atoms with van der Waals surface area (Å²) in [5.74, 6) is 0. The summed E-state index contributed by atoms with van der Waals surface area (Å²) >= 11 is 12.7. The van der Waals surface area contributed by atoms with Crippen LogP contribution in [-0.4, -0.2) is 4.98 Å². The largest absolute Gasteiger partial charge is 0.343 e. The van der Waals surface area contributed by atoms with Crippen molar-refractivity contribution in [2.75, 3.05) is 0 Å². The Hall–Kier alpha value is -0.640. The van der Waals surface area contributed by atoms with Crippen LogP contribution in [-0.2, 0) is 6.42 Å². The molecule has 78 valence electrons. The smallest absolute Gasteiger partial charge is 0.158 e. The van der Waals surface area contributed by atoms with Crippen LogP contribution in [0.3, 0.4) is 0 Å². The molecule has 0 aliphatic rings. The number of aromatic nitrogens is 1. The first-order chi connectivity index (χ1) is 7.15. The lowest BCUT2D eigenvalue weighted by molar-refractivity contribution is 1.21. The molecule has 0 saturated carbocycles. The van der Waals surface area contributed by atoms with Crippen molar-refractivity contribution in [2.24, 2.45) is 0 Å². The number of thiazole rings is 1. The molecule has 0 unspecified atom stereocenters. The van der Waals surface area contributed by atoms with Crippen LogP contribution in [0.1, 0.15) is 16.0 Å². The number of H-pyrrole nitrogens is 1. The third-order valence-electron chi connectivity index (χ3n) is 2.19. The van der Waals surface area contributed by atoms with Crippen molar-refractivity contribution in [3.05, 3.63) is 49.4 Å². The van der Waals surface area contributed by atoms with E-state index in [1.54, 1.807) is 11.3 Å². The minimum Gasteiger partial charge on any atom is -0.343 e. The number of nitrogens with one attached hydrogen (secondary N) is 1. The molecule has 15 heavy (non-hydrogen) atoms. The number of rotatable bonds is 2. The lowest BCUT2D eigenvalue weighted by Crippen LogP contribution is -1.85. The van der Waals surface area contributed by atoms with E-state index < -0.39 is 0 Å². The highest BCUT2D eigenvalue weighted by Crippen LogP contribution is 2.20. The number of halogens is 1. The van der Waals surface area contributed by atoms with Crippen LogP contribution in [0.4, 0.5) is 0 Å². The minimum absolute atomic E-state index is 0.822. The van der Waals surface area contributed by atoms with Crippen molar-refractivity contribution in [2.45, 2.75) is 13.3 Å². The number of aryl methyl sites for hydroxylation is 1. The van der Waals surface area contributed by atoms with E-state index in [1.807, 2.05) is 25.3 Å².